The number of ether oxygens (including phenoxy) is 1. The van der Waals surface area contributed by atoms with E-state index in [-0.39, 0.29) is 0 Å². The van der Waals surface area contributed by atoms with E-state index in [0.717, 1.165) is 45.0 Å². The van der Waals surface area contributed by atoms with Crippen LogP contribution in [0.15, 0.2) is 4.99 Å². The number of hydrogen-bond acceptors (Lipinski definition) is 2. The van der Waals surface area contributed by atoms with Crippen LogP contribution in [0, 0.1) is 0 Å². The Morgan fingerprint density at radius 1 is 1.19 bits per heavy atom. The molecule has 16 heavy (non-hydrogen) atoms. The summed E-state index contributed by atoms with van der Waals surface area (Å²) in [5, 5.41) is 0. The third-order valence-electron chi connectivity index (χ3n) is 2.96. The molecule has 0 radical (unpaired) electrons. The SMILES string of the molecule is COCCCCCN=C(N)N1CCCCC1. The fourth-order valence-electron chi connectivity index (χ4n) is 1.95. The Hall–Kier alpha value is -0.770. The van der Waals surface area contributed by atoms with Crippen LogP contribution in [0.2, 0.25) is 0 Å². The molecule has 4 nitrogen and oxygen atoms in total. The molecule has 1 aliphatic rings. The lowest BCUT2D eigenvalue weighted by Gasteiger charge is -2.27. The van der Waals surface area contributed by atoms with Gasteiger partial charge in [0.1, 0.15) is 0 Å². The van der Waals surface area contributed by atoms with E-state index in [2.05, 4.69) is 9.89 Å². The van der Waals surface area contributed by atoms with Crippen LogP contribution in [0.4, 0.5) is 0 Å². The summed E-state index contributed by atoms with van der Waals surface area (Å²) in [7, 11) is 1.74. The van der Waals surface area contributed by atoms with Gasteiger partial charge in [0.2, 0.25) is 0 Å². The molecule has 1 aliphatic heterocycles. The molecule has 0 saturated carbocycles. The second kappa shape index (κ2) is 8.39. The van der Waals surface area contributed by atoms with Gasteiger partial charge in [-0.2, -0.15) is 0 Å². The van der Waals surface area contributed by atoms with Crippen LogP contribution >= 0.6 is 0 Å². The van der Waals surface area contributed by atoms with Crippen molar-refractivity contribution in [1.29, 1.82) is 0 Å². The van der Waals surface area contributed by atoms with E-state index < -0.39 is 0 Å². The summed E-state index contributed by atoms with van der Waals surface area (Å²) in [4.78, 5) is 6.63. The third-order valence-corrected chi connectivity index (χ3v) is 2.96. The van der Waals surface area contributed by atoms with Crippen molar-refractivity contribution in [3.8, 4) is 0 Å². The quantitative estimate of drug-likeness (QED) is 0.426. The van der Waals surface area contributed by atoms with Crippen LogP contribution < -0.4 is 5.73 Å². The van der Waals surface area contributed by atoms with Crippen LogP contribution in [0.5, 0.6) is 0 Å². The summed E-state index contributed by atoms with van der Waals surface area (Å²) in [6.07, 6.45) is 7.24. The molecule has 1 heterocycles. The Labute approximate surface area is 98.9 Å². The maximum atomic E-state index is 5.94. The molecule has 0 aliphatic carbocycles. The van der Waals surface area contributed by atoms with E-state index in [9.17, 15) is 0 Å². The lowest BCUT2D eigenvalue weighted by Crippen LogP contribution is -2.40. The molecule has 1 saturated heterocycles. The molecule has 0 unspecified atom stereocenters. The zero-order valence-electron chi connectivity index (χ0n) is 10.5. The number of unbranched alkanes of at least 4 members (excludes halogenated alkanes) is 2. The van der Waals surface area contributed by atoms with Crippen molar-refractivity contribution in [3.63, 3.8) is 0 Å². The molecule has 0 bridgehead atoms. The van der Waals surface area contributed by atoms with Gasteiger partial charge in [0.25, 0.3) is 0 Å². The highest BCUT2D eigenvalue weighted by molar-refractivity contribution is 5.78. The van der Waals surface area contributed by atoms with Gasteiger partial charge in [-0.25, -0.2) is 0 Å². The summed E-state index contributed by atoms with van der Waals surface area (Å²) in [5.41, 5.74) is 5.94. The van der Waals surface area contributed by atoms with Crippen molar-refractivity contribution in [2.24, 2.45) is 10.7 Å². The number of piperidine rings is 1. The van der Waals surface area contributed by atoms with Crippen molar-refractivity contribution < 1.29 is 4.74 Å². The minimum absolute atomic E-state index is 0.742. The normalized spacial score (nSPS) is 17.8. The zero-order valence-corrected chi connectivity index (χ0v) is 10.5. The highest BCUT2D eigenvalue weighted by Crippen LogP contribution is 2.08. The molecule has 1 rings (SSSR count). The number of aliphatic imine (C=N–C) groups is 1. The number of likely N-dealkylation sites (tertiary alicyclic amines) is 1. The van der Waals surface area contributed by atoms with Crippen LogP contribution in [0.3, 0.4) is 0 Å². The van der Waals surface area contributed by atoms with Crippen molar-refractivity contribution >= 4 is 5.96 Å². The van der Waals surface area contributed by atoms with Crippen LogP contribution in [-0.2, 0) is 4.74 Å². The highest BCUT2D eigenvalue weighted by Gasteiger charge is 2.11. The van der Waals surface area contributed by atoms with Crippen LogP contribution in [0.1, 0.15) is 38.5 Å². The maximum absolute atomic E-state index is 5.94. The Morgan fingerprint density at radius 3 is 2.62 bits per heavy atom. The smallest absolute Gasteiger partial charge is 0.191 e. The standard InChI is InChI=1S/C12H25N3O/c1-16-11-7-2-4-8-14-12(13)15-9-5-3-6-10-15/h2-11H2,1H3,(H2,13,14). The number of methoxy groups -OCH3 is 1. The summed E-state index contributed by atoms with van der Waals surface area (Å²) in [6.45, 7) is 3.87. The minimum atomic E-state index is 0.742. The van der Waals surface area contributed by atoms with Gasteiger partial charge in [-0.1, -0.05) is 0 Å². The van der Waals surface area contributed by atoms with Gasteiger partial charge in [-0.3, -0.25) is 4.99 Å². The summed E-state index contributed by atoms with van der Waals surface area (Å²) in [5.74, 6) is 0.742. The first-order valence-corrected chi connectivity index (χ1v) is 6.38. The van der Waals surface area contributed by atoms with E-state index in [0.29, 0.717) is 0 Å². The maximum Gasteiger partial charge on any atom is 0.191 e. The second-order valence-corrected chi connectivity index (χ2v) is 4.34. The Kier molecular flexibility index (Phi) is 6.97. The van der Waals surface area contributed by atoms with Crippen LogP contribution in [-0.4, -0.2) is 44.2 Å². The fourth-order valence-corrected chi connectivity index (χ4v) is 1.95. The molecule has 0 aromatic heterocycles. The average Bonchev–Trinajstić information content (AvgIpc) is 2.34. The Morgan fingerprint density at radius 2 is 1.94 bits per heavy atom. The minimum Gasteiger partial charge on any atom is -0.385 e. The molecule has 0 spiro atoms. The van der Waals surface area contributed by atoms with E-state index in [4.69, 9.17) is 10.5 Å². The summed E-state index contributed by atoms with van der Waals surface area (Å²) < 4.78 is 5.00. The second-order valence-electron chi connectivity index (χ2n) is 4.34. The predicted molar refractivity (Wildman–Crippen MR) is 67.6 cm³/mol. The van der Waals surface area contributed by atoms with Crippen molar-refractivity contribution in [2.75, 3.05) is 33.4 Å². The largest absolute Gasteiger partial charge is 0.385 e. The molecule has 0 amide bonds. The molecular weight excluding hydrogens is 202 g/mol. The molecule has 94 valence electrons. The third kappa shape index (κ3) is 5.35. The van der Waals surface area contributed by atoms with E-state index >= 15 is 0 Å². The number of guanidine groups is 1. The van der Waals surface area contributed by atoms with Crippen molar-refractivity contribution in [3.05, 3.63) is 0 Å². The van der Waals surface area contributed by atoms with Crippen LogP contribution in [0.25, 0.3) is 0 Å². The Bertz CT molecular complexity index is 200. The molecule has 0 aromatic carbocycles. The van der Waals surface area contributed by atoms with Crippen molar-refractivity contribution in [1.82, 2.24) is 4.90 Å². The number of hydrogen-bond donors (Lipinski definition) is 1. The van der Waals surface area contributed by atoms with E-state index in [1.807, 2.05) is 0 Å². The lowest BCUT2D eigenvalue weighted by atomic mass is 10.1. The monoisotopic (exact) mass is 227 g/mol. The molecule has 0 atom stereocenters. The van der Waals surface area contributed by atoms with Gasteiger partial charge in [-0.05, 0) is 38.5 Å². The first kappa shape index (κ1) is 13.3. The summed E-state index contributed by atoms with van der Waals surface area (Å²) >= 11 is 0. The summed E-state index contributed by atoms with van der Waals surface area (Å²) in [6, 6.07) is 0. The van der Waals surface area contributed by atoms with E-state index in [1.54, 1.807) is 7.11 Å². The fraction of sp³-hybridized carbons (Fsp3) is 0.917. The first-order valence-electron chi connectivity index (χ1n) is 6.38. The van der Waals surface area contributed by atoms with E-state index in [1.165, 1.54) is 25.7 Å². The van der Waals surface area contributed by atoms with Gasteiger partial charge in [0.15, 0.2) is 5.96 Å². The van der Waals surface area contributed by atoms with Gasteiger partial charge in [0.05, 0.1) is 0 Å². The van der Waals surface area contributed by atoms with Gasteiger partial charge in [0, 0.05) is 33.4 Å². The predicted octanol–water partition coefficient (Wildman–Crippen LogP) is 1.60. The Balaban J connectivity index is 2.07. The van der Waals surface area contributed by atoms with Gasteiger partial charge in [-0.15, -0.1) is 0 Å². The molecular formula is C12H25N3O. The van der Waals surface area contributed by atoms with Gasteiger partial charge < -0.3 is 15.4 Å². The molecule has 0 aromatic rings. The lowest BCUT2D eigenvalue weighted by molar-refractivity contribution is 0.192. The average molecular weight is 227 g/mol. The number of nitrogens with two attached hydrogens (primary N) is 1. The topological polar surface area (TPSA) is 50.9 Å². The first-order chi connectivity index (χ1) is 7.84. The molecule has 2 N–H and O–H groups in total. The molecule has 1 fully saturated rings. The number of nitrogens with zero attached hydrogens (tertiary/aromatic N) is 2. The number of rotatable bonds is 6. The highest BCUT2D eigenvalue weighted by atomic mass is 16.5. The molecule has 4 heteroatoms. The van der Waals surface area contributed by atoms with Gasteiger partial charge >= 0.3 is 0 Å². The van der Waals surface area contributed by atoms with Crippen molar-refractivity contribution in [2.45, 2.75) is 38.5 Å². The zero-order chi connectivity index (χ0) is 11.6.